The van der Waals surface area contributed by atoms with Crippen molar-refractivity contribution < 1.29 is 14.3 Å². The van der Waals surface area contributed by atoms with Gasteiger partial charge in [-0.25, -0.2) is 0 Å². The van der Waals surface area contributed by atoms with Crippen LogP contribution in [0.1, 0.15) is 19.8 Å². The molecule has 0 aliphatic heterocycles. The zero-order chi connectivity index (χ0) is 16.3. The molecule has 0 spiro atoms. The summed E-state index contributed by atoms with van der Waals surface area (Å²) < 4.78 is 5.54. The lowest BCUT2D eigenvalue weighted by atomic mass is 10.3. The number of carbonyl (C=O) groups excluding carboxylic acids is 2. The molecule has 0 heterocycles. The van der Waals surface area contributed by atoms with Gasteiger partial charge in [-0.15, -0.1) is 0 Å². The van der Waals surface area contributed by atoms with E-state index in [2.05, 4.69) is 5.32 Å². The molecule has 120 valence electrons. The quantitative estimate of drug-likeness (QED) is 0.862. The molecule has 1 aliphatic rings. The monoisotopic (exact) mass is 344 g/mol. The second kappa shape index (κ2) is 7.20. The largest absolute Gasteiger partial charge is 0.479 e. The van der Waals surface area contributed by atoms with Gasteiger partial charge in [0.25, 0.3) is 5.91 Å². The number of carbonyl (C=O) groups is 2. The molecule has 22 heavy (non-hydrogen) atoms. The zero-order valence-corrected chi connectivity index (χ0v) is 13.9. The zero-order valence-electron chi connectivity index (χ0n) is 12.4. The number of ether oxygens (including phenoxy) is 1. The fraction of sp³-hybridized carbons (Fsp3) is 0.467. The molecule has 1 aromatic carbocycles. The topological polar surface area (TPSA) is 58.6 Å². The first-order valence-corrected chi connectivity index (χ1v) is 7.79. The lowest BCUT2D eigenvalue weighted by Crippen LogP contribution is -2.44. The molecule has 1 aliphatic carbocycles. The molecule has 1 saturated carbocycles. The predicted molar refractivity (Wildman–Crippen MR) is 85.4 cm³/mol. The number of amides is 2. The third kappa shape index (κ3) is 4.52. The van der Waals surface area contributed by atoms with E-state index >= 15 is 0 Å². The van der Waals surface area contributed by atoms with E-state index in [0.29, 0.717) is 10.8 Å². The van der Waals surface area contributed by atoms with Gasteiger partial charge in [0.15, 0.2) is 6.10 Å². The van der Waals surface area contributed by atoms with Crippen molar-refractivity contribution in [2.45, 2.75) is 31.9 Å². The number of hydrogen-bond donors (Lipinski definition) is 1. The molecular formula is C15H18Cl2N2O3. The lowest BCUT2D eigenvalue weighted by molar-refractivity contribution is -0.140. The van der Waals surface area contributed by atoms with Crippen LogP contribution in [-0.2, 0) is 9.59 Å². The highest BCUT2D eigenvalue weighted by Gasteiger charge is 2.26. The molecule has 0 aromatic heterocycles. The van der Waals surface area contributed by atoms with Crippen LogP contribution in [0, 0.1) is 0 Å². The lowest BCUT2D eigenvalue weighted by Gasteiger charge is -2.22. The normalized spacial score (nSPS) is 15.1. The fourth-order valence-corrected chi connectivity index (χ4v) is 2.26. The third-order valence-corrected chi connectivity index (χ3v) is 4.07. The van der Waals surface area contributed by atoms with Crippen molar-refractivity contribution in [1.82, 2.24) is 10.2 Å². The van der Waals surface area contributed by atoms with Gasteiger partial charge in [-0.1, -0.05) is 29.3 Å². The summed E-state index contributed by atoms with van der Waals surface area (Å²) in [7, 11) is 1.56. The minimum Gasteiger partial charge on any atom is -0.479 e. The average Bonchev–Trinajstić information content (AvgIpc) is 3.26. The van der Waals surface area contributed by atoms with Gasteiger partial charge >= 0.3 is 0 Å². The number of likely N-dealkylation sites (N-methyl/N-ethyl adjacent to an activating group) is 1. The fourth-order valence-electron chi connectivity index (χ4n) is 1.92. The van der Waals surface area contributed by atoms with Gasteiger partial charge in [0.2, 0.25) is 5.91 Å². The van der Waals surface area contributed by atoms with Crippen molar-refractivity contribution in [1.29, 1.82) is 0 Å². The molecule has 1 atom stereocenters. The number of halogens is 2. The Bertz CT molecular complexity index is 576. The predicted octanol–water partition coefficient (Wildman–Crippen LogP) is 2.50. The Hall–Kier alpha value is -1.46. The van der Waals surface area contributed by atoms with E-state index < -0.39 is 6.10 Å². The molecule has 1 fully saturated rings. The van der Waals surface area contributed by atoms with Crippen LogP contribution in [0.2, 0.25) is 10.0 Å². The van der Waals surface area contributed by atoms with Crippen LogP contribution in [0.15, 0.2) is 18.2 Å². The Balaban J connectivity index is 1.90. The highest BCUT2D eigenvalue weighted by molar-refractivity contribution is 6.42. The molecule has 5 nitrogen and oxygen atoms in total. The van der Waals surface area contributed by atoms with E-state index in [0.717, 1.165) is 12.8 Å². The summed E-state index contributed by atoms with van der Waals surface area (Å²) in [5, 5.41) is 3.45. The van der Waals surface area contributed by atoms with E-state index in [1.165, 1.54) is 4.90 Å². The first kappa shape index (κ1) is 16.9. The Morgan fingerprint density at radius 2 is 2.09 bits per heavy atom. The number of rotatable bonds is 6. The van der Waals surface area contributed by atoms with Crippen molar-refractivity contribution in [2.24, 2.45) is 0 Å². The number of benzene rings is 1. The maximum absolute atomic E-state index is 12.2. The first-order chi connectivity index (χ1) is 10.4. The van der Waals surface area contributed by atoms with Gasteiger partial charge in [-0.2, -0.15) is 0 Å². The molecule has 1 N–H and O–H groups in total. The molecular weight excluding hydrogens is 327 g/mol. The van der Waals surface area contributed by atoms with Crippen molar-refractivity contribution in [3.05, 3.63) is 28.2 Å². The van der Waals surface area contributed by atoms with E-state index in [-0.39, 0.29) is 29.4 Å². The molecule has 2 amide bonds. The molecule has 1 aromatic rings. The maximum atomic E-state index is 12.2. The third-order valence-electron chi connectivity index (χ3n) is 3.27. The second-order valence-electron chi connectivity index (χ2n) is 5.35. The van der Waals surface area contributed by atoms with E-state index in [1.807, 2.05) is 0 Å². The van der Waals surface area contributed by atoms with Gasteiger partial charge in [0, 0.05) is 13.1 Å². The minimum absolute atomic E-state index is 0.00626. The van der Waals surface area contributed by atoms with Crippen molar-refractivity contribution in [2.75, 3.05) is 13.6 Å². The van der Waals surface area contributed by atoms with Gasteiger partial charge in [-0.05, 0) is 31.9 Å². The summed E-state index contributed by atoms with van der Waals surface area (Å²) in [5.41, 5.74) is 0. The standard InChI is InChI=1S/C15H18Cl2N2O3/c1-9(22-12-5-3-4-11(16)14(12)17)15(21)19(2)8-13(20)18-10-6-7-10/h3-5,9-10H,6-8H2,1-2H3,(H,18,20). The average molecular weight is 345 g/mol. The van der Waals surface area contributed by atoms with Crippen molar-refractivity contribution in [3.63, 3.8) is 0 Å². The first-order valence-electron chi connectivity index (χ1n) is 7.03. The maximum Gasteiger partial charge on any atom is 0.263 e. The van der Waals surface area contributed by atoms with E-state index in [4.69, 9.17) is 27.9 Å². The summed E-state index contributed by atoms with van der Waals surface area (Å²) >= 11 is 11.9. The second-order valence-corrected chi connectivity index (χ2v) is 6.13. The Kier molecular flexibility index (Phi) is 5.53. The summed E-state index contributed by atoms with van der Waals surface area (Å²) in [6, 6.07) is 5.23. The van der Waals surface area contributed by atoms with Crippen molar-refractivity contribution >= 4 is 35.0 Å². The summed E-state index contributed by atoms with van der Waals surface area (Å²) in [6.45, 7) is 1.61. The number of nitrogens with one attached hydrogen (secondary N) is 1. The minimum atomic E-state index is -0.769. The SMILES string of the molecule is CC(Oc1cccc(Cl)c1Cl)C(=O)N(C)CC(=O)NC1CC1. The summed E-state index contributed by atoms with van der Waals surface area (Å²) in [5.74, 6) is -0.126. The molecule has 2 rings (SSSR count). The molecule has 1 unspecified atom stereocenters. The summed E-state index contributed by atoms with van der Waals surface area (Å²) in [4.78, 5) is 25.3. The summed E-state index contributed by atoms with van der Waals surface area (Å²) in [6.07, 6.45) is 1.25. The van der Waals surface area contributed by atoms with E-state index in [1.54, 1.807) is 32.2 Å². The Morgan fingerprint density at radius 1 is 1.41 bits per heavy atom. The highest BCUT2D eigenvalue weighted by Crippen LogP contribution is 2.32. The van der Waals surface area contributed by atoms with Gasteiger partial charge in [0.1, 0.15) is 10.8 Å². The molecule has 0 radical (unpaired) electrons. The number of nitrogens with zero attached hydrogens (tertiary/aromatic N) is 1. The van der Waals surface area contributed by atoms with Crippen LogP contribution in [0.4, 0.5) is 0 Å². The van der Waals surface area contributed by atoms with Crippen molar-refractivity contribution in [3.8, 4) is 5.75 Å². The smallest absolute Gasteiger partial charge is 0.263 e. The van der Waals surface area contributed by atoms with Gasteiger partial charge in [0.05, 0.1) is 11.6 Å². The van der Waals surface area contributed by atoms with Gasteiger partial charge < -0.3 is 15.0 Å². The molecule has 7 heteroatoms. The van der Waals surface area contributed by atoms with Crippen LogP contribution in [0.5, 0.6) is 5.75 Å². The van der Waals surface area contributed by atoms with Crippen LogP contribution in [0.25, 0.3) is 0 Å². The molecule has 0 bridgehead atoms. The Labute approximate surface area is 139 Å². The van der Waals surface area contributed by atoms with Gasteiger partial charge in [-0.3, -0.25) is 9.59 Å². The molecule has 0 saturated heterocycles. The van der Waals surface area contributed by atoms with Crippen LogP contribution < -0.4 is 10.1 Å². The van der Waals surface area contributed by atoms with E-state index in [9.17, 15) is 9.59 Å². The number of hydrogen-bond acceptors (Lipinski definition) is 3. The van der Waals surface area contributed by atoms with Crippen LogP contribution in [-0.4, -0.2) is 42.5 Å². The van der Waals surface area contributed by atoms with Crippen LogP contribution in [0.3, 0.4) is 0 Å². The van der Waals surface area contributed by atoms with Crippen LogP contribution >= 0.6 is 23.2 Å². The Morgan fingerprint density at radius 3 is 2.73 bits per heavy atom. The highest BCUT2D eigenvalue weighted by atomic mass is 35.5.